The normalized spacial score (nSPS) is 29.9. The molecular weight excluding hydrogens is 354 g/mol. The third-order valence-corrected chi connectivity index (χ3v) is 7.86. The van der Waals surface area contributed by atoms with Crippen LogP contribution in [0.1, 0.15) is 68.4 Å². The summed E-state index contributed by atoms with van der Waals surface area (Å²) in [6, 6.07) is 21.4. The molecule has 2 heteroatoms. The van der Waals surface area contributed by atoms with E-state index in [1.54, 1.807) is 0 Å². The Morgan fingerprint density at radius 2 is 1.31 bits per heavy atom. The summed E-state index contributed by atoms with van der Waals surface area (Å²) in [6.45, 7) is 0.750. The number of hydrogen-bond acceptors (Lipinski definition) is 1. The van der Waals surface area contributed by atoms with Gasteiger partial charge in [-0.05, 0) is 79.2 Å². The second-order valence-electron chi connectivity index (χ2n) is 10.1. The standard InChI is InChI=1S/C27H33NO/c29-26(19-27-16-20-13-21(17-27)15-22(14-20)18-27)28-12-11-25(23-7-3-1-4-8-23)24-9-5-2-6-10-24/h1-10,20-22,25H,11-19H2,(H,28,29). The van der Waals surface area contributed by atoms with Crippen molar-refractivity contribution in [2.75, 3.05) is 6.54 Å². The van der Waals surface area contributed by atoms with E-state index in [0.29, 0.717) is 11.3 Å². The van der Waals surface area contributed by atoms with Crippen molar-refractivity contribution >= 4 is 5.91 Å². The molecule has 2 nitrogen and oxygen atoms in total. The Morgan fingerprint density at radius 1 is 0.828 bits per heavy atom. The Labute approximate surface area is 175 Å². The zero-order valence-electron chi connectivity index (χ0n) is 17.4. The summed E-state index contributed by atoms with van der Waals surface area (Å²) in [6.07, 6.45) is 9.96. The number of nitrogens with one attached hydrogen (secondary N) is 1. The van der Waals surface area contributed by atoms with Crippen LogP contribution in [0.3, 0.4) is 0 Å². The van der Waals surface area contributed by atoms with Gasteiger partial charge in [-0.1, -0.05) is 60.7 Å². The number of amides is 1. The van der Waals surface area contributed by atoms with Gasteiger partial charge in [0, 0.05) is 18.9 Å². The number of carbonyl (C=O) groups excluding carboxylic acids is 1. The molecule has 0 unspecified atom stereocenters. The van der Waals surface area contributed by atoms with Crippen LogP contribution >= 0.6 is 0 Å². The molecule has 152 valence electrons. The van der Waals surface area contributed by atoms with Gasteiger partial charge in [0.05, 0.1) is 0 Å². The van der Waals surface area contributed by atoms with E-state index in [0.717, 1.165) is 37.1 Å². The molecule has 2 aromatic carbocycles. The van der Waals surface area contributed by atoms with Crippen molar-refractivity contribution in [3.05, 3.63) is 71.8 Å². The molecule has 2 aromatic rings. The van der Waals surface area contributed by atoms with Crippen LogP contribution in [0.4, 0.5) is 0 Å². The highest BCUT2D eigenvalue weighted by molar-refractivity contribution is 5.76. The molecule has 6 rings (SSSR count). The summed E-state index contributed by atoms with van der Waals surface area (Å²) in [4.78, 5) is 12.9. The highest BCUT2D eigenvalue weighted by Gasteiger charge is 2.51. The van der Waals surface area contributed by atoms with E-state index in [-0.39, 0.29) is 5.91 Å². The highest BCUT2D eigenvalue weighted by Crippen LogP contribution is 2.61. The first-order valence-electron chi connectivity index (χ1n) is 11.6. The predicted molar refractivity (Wildman–Crippen MR) is 118 cm³/mol. The van der Waals surface area contributed by atoms with Crippen molar-refractivity contribution < 1.29 is 4.79 Å². The number of rotatable bonds is 7. The zero-order valence-corrected chi connectivity index (χ0v) is 17.4. The maximum absolute atomic E-state index is 12.9. The van der Waals surface area contributed by atoms with Gasteiger partial charge in [0.1, 0.15) is 0 Å². The van der Waals surface area contributed by atoms with Crippen molar-refractivity contribution in [1.29, 1.82) is 0 Å². The molecular formula is C27H33NO. The molecule has 0 saturated heterocycles. The molecule has 0 radical (unpaired) electrons. The summed E-state index contributed by atoms with van der Waals surface area (Å²) < 4.78 is 0. The van der Waals surface area contributed by atoms with Gasteiger partial charge < -0.3 is 5.32 Å². The van der Waals surface area contributed by atoms with Crippen molar-refractivity contribution in [3.8, 4) is 0 Å². The lowest BCUT2D eigenvalue weighted by atomic mass is 9.49. The lowest BCUT2D eigenvalue weighted by Gasteiger charge is -2.56. The second-order valence-corrected chi connectivity index (χ2v) is 10.1. The third-order valence-electron chi connectivity index (χ3n) is 7.86. The van der Waals surface area contributed by atoms with Crippen LogP contribution in [0.15, 0.2) is 60.7 Å². The third kappa shape index (κ3) is 4.13. The van der Waals surface area contributed by atoms with Gasteiger partial charge in [-0.15, -0.1) is 0 Å². The fourth-order valence-corrected chi connectivity index (χ4v) is 7.16. The van der Waals surface area contributed by atoms with Crippen molar-refractivity contribution in [3.63, 3.8) is 0 Å². The van der Waals surface area contributed by atoms with E-state index >= 15 is 0 Å². The minimum Gasteiger partial charge on any atom is -0.356 e. The Hall–Kier alpha value is -2.09. The maximum Gasteiger partial charge on any atom is 0.220 e. The van der Waals surface area contributed by atoms with Crippen LogP contribution in [0.5, 0.6) is 0 Å². The summed E-state index contributed by atoms with van der Waals surface area (Å²) >= 11 is 0. The molecule has 4 fully saturated rings. The van der Waals surface area contributed by atoms with E-state index in [1.807, 2.05) is 0 Å². The average Bonchev–Trinajstić information content (AvgIpc) is 2.71. The molecule has 0 atom stereocenters. The molecule has 4 aliphatic rings. The van der Waals surface area contributed by atoms with Gasteiger partial charge in [0.2, 0.25) is 5.91 Å². The number of carbonyl (C=O) groups is 1. The minimum atomic E-state index is 0.284. The molecule has 29 heavy (non-hydrogen) atoms. The molecule has 1 N–H and O–H groups in total. The summed E-state index contributed by atoms with van der Waals surface area (Å²) in [5, 5.41) is 3.29. The van der Waals surface area contributed by atoms with Gasteiger partial charge in [-0.25, -0.2) is 0 Å². The number of hydrogen-bond donors (Lipinski definition) is 1. The van der Waals surface area contributed by atoms with Crippen LogP contribution in [0.25, 0.3) is 0 Å². The molecule has 0 heterocycles. The largest absolute Gasteiger partial charge is 0.356 e. The first-order valence-corrected chi connectivity index (χ1v) is 11.6. The summed E-state index contributed by atoms with van der Waals surface area (Å²) in [5.74, 6) is 3.35. The Morgan fingerprint density at radius 3 is 1.79 bits per heavy atom. The van der Waals surface area contributed by atoms with Gasteiger partial charge in [-0.3, -0.25) is 4.79 Å². The first kappa shape index (κ1) is 18.9. The van der Waals surface area contributed by atoms with Crippen molar-refractivity contribution in [1.82, 2.24) is 5.32 Å². The highest BCUT2D eigenvalue weighted by atomic mass is 16.1. The first-order chi connectivity index (χ1) is 14.2. The molecule has 0 aliphatic heterocycles. The van der Waals surface area contributed by atoms with Crippen LogP contribution in [0.2, 0.25) is 0 Å². The quantitative estimate of drug-likeness (QED) is 0.627. The molecule has 4 aliphatic carbocycles. The molecule has 4 saturated carbocycles. The summed E-state index contributed by atoms with van der Waals surface area (Å²) in [5.41, 5.74) is 2.99. The van der Waals surface area contributed by atoms with E-state index in [1.165, 1.54) is 49.7 Å². The number of benzene rings is 2. The van der Waals surface area contributed by atoms with Crippen molar-refractivity contribution in [2.24, 2.45) is 23.2 Å². The van der Waals surface area contributed by atoms with Gasteiger partial charge in [0.15, 0.2) is 0 Å². The van der Waals surface area contributed by atoms with Gasteiger partial charge >= 0.3 is 0 Å². The Bertz CT molecular complexity index is 753. The predicted octanol–water partition coefficient (Wildman–Crippen LogP) is 5.93. The van der Waals surface area contributed by atoms with Crippen LogP contribution in [-0.2, 0) is 4.79 Å². The monoisotopic (exact) mass is 387 g/mol. The molecule has 4 bridgehead atoms. The fourth-order valence-electron chi connectivity index (χ4n) is 7.16. The van der Waals surface area contributed by atoms with E-state index < -0.39 is 0 Å². The Balaban J connectivity index is 1.20. The fraction of sp³-hybridized carbons (Fsp3) is 0.519. The zero-order chi connectivity index (χ0) is 19.7. The maximum atomic E-state index is 12.9. The molecule has 1 amide bonds. The SMILES string of the molecule is O=C(CC12CC3CC(CC(C3)C1)C2)NCCC(c1ccccc1)c1ccccc1. The van der Waals surface area contributed by atoms with Gasteiger partial charge in [0.25, 0.3) is 0 Å². The Kier molecular flexibility index (Phi) is 5.20. The smallest absolute Gasteiger partial charge is 0.220 e. The van der Waals surface area contributed by atoms with Crippen LogP contribution in [0, 0.1) is 23.2 Å². The lowest BCUT2D eigenvalue weighted by molar-refractivity contribution is -0.129. The molecule has 0 spiro atoms. The minimum absolute atomic E-state index is 0.284. The van der Waals surface area contributed by atoms with E-state index in [9.17, 15) is 4.79 Å². The van der Waals surface area contributed by atoms with Gasteiger partial charge in [-0.2, -0.15) is 0 Å². The molecule has 0 aromatic heterocycles. The summed E-state index contributed by atoms with van der Waals surface area (Å²) in [7, 11) is 0. The van der Waals surface area contributed by atoms with E-state index in [2.05, 4.69) is 66.0 Å². The topological polar surface area (TPSA) is 29.1 Å². The average molecular weight is 388 g/mol. The van der Waals surface area contributed by atoms with E-state index in [4.69, 9.17) is 0 Å². The lowest BCUT2D eigenvalue weighted by Crippen LogP contribution is -2.48. The van der Waals surface area contributed by atoms with Crippen LogP contribution < -0.4 is 5.32 Å². The van der Waals surface area contributed by atoms with Crippen molar-refractivity contribution in [2.45, 2.75) is 57.3 Å². The van der Waals surface area contributed by atoms with Crippen LogP contribution in [-0.4, -0.2) is 12.5 Å². The second kappa shape index (κ2) is 7.97.